The SMILES string of the molecule is COc1ccc(N2C(=O)CC[C@H]2c2nc3cc(-c4c(C)noc4C)ccc3n2C2CCS(=O)(=O)CC2)cc1Cl. The molecule has 0 spiro atoms. The van der Waals surface area contributed by atoms with Crippen LogP contribution in [0.3, 0.4) is 0 Å². The number of carbonyl (C=O) groups is 1. The number of aryl methyl sites for hydroxylation is 2. The van der Waals surface area contributed by atoms with Crippen molar-refractivity contribution >= 4 is 44.1 Å². The molecule has 9 nitrogen and oxygen atoms in total. The fourth-order valence-corrected chi connectivity index (χ4v) is 7.70. The van der Waals surface area contributed by atoms with E-state index in [1.165, 1.54) is 0 Å². The number of imidazole rings is 1. The molecule has 2 aromatic heterocycles. The zero-order valence-electron chi connectivity index (χ0n) is 22.0. The molecule has 1 atom stereocenters. The van der Waals surface area contributed by atoms with Crippen LogP contribution in [0.2, 0.25) is 5.02 Å². The Balaban J connectivity index is 1.50. The zero-order valence-corrected chi connectivity index (χ0v) is 23.6. The smallest absolute Gasteiger partial charge is 0.227 e. The Labute approximate surface area is 231 Å². The summed E-state index contributed by atoms with van der Waals surface area (Å²) in [6.07, 6.45) is 1.97. The third-order valence-corrected chi connectivity index (χ3v) is 9.86. The predicted octanol–water partition coefficient (Wildman–Crippen LogP) is 5.59. The topological polar surface area (TPSA) is 108 Å². The van der Waals surface area contributed by atoms with Crippen LogP contribution in [0.4, 0.5) is 5.69 Å². The average Bonchev–Trinajstić information content (AvgIpc) is 3.57. The lowest BCUT2D eigenvalue weighted by atomic mass is 10.0. The summed E-state index contributed by atoms with van der Waals surface area (Å²) in [6, 6.07) is 11.0. The van der Waals surface area contributed by atoms with Crippen molar-refractivity contribution in [1.29, 1.82) is 0 Å². The zero-order chi connectivity index (χ0) is 27.5. The van der Waals surface area contributed by atoms with Gasteiger partial charge in [-0.3, -0.25) is 4.79 Å². The molecule has 2 saturated heterocycles. The van der Waals surface area contributed by atoms with Crippen molar-refractivity contribution in [3.63, 3.8) is 0 Å². The number of carbonyl (C=O) groups excluding carboxylic acids is 1. The summed E-state index contributed by atoms with van der Waals surface area (Å²) < 4.78 is 37.4. The van der Waals surface area contributed by atoms with E-state index in [1.54, 1.807) is 24.1 Å². The number of methoxy groups -OCH3 is 1. The van der Waals surface area contributed by atoms with Gasteiger partial charge < -0.3 is 18.7 Å². The van der Waals surface area contributed by atoms with Crippen molar-refractivity contribution in [2.75, 3.05) is 23.5 Å². The Bertz CT molecular complexity index is 1680. The van der Waals surface area contributed by atoms with Crippen LogP contribution >= 0.6 is 11.6 Å². The number of rotatable bonds is 5. The highest BCUT2D eigenvalue weighted by Crippen LogP contribution is 2.42. The van der Waals surface area contributed by atoms with E-state index in [0.717, 1.165) is 39.4 Å². The van der Waals surface area contributed by atoms with Crippen LogP contribution in [0.15, 0.2) is 40.9 Å². The standard InChI is InChI=1S/C28H29ClN4O5S/c1-16-27(17(2)38-31-16)18-4-6-23-22(14-18)30-28(33(23)19-10-12-39(35,36)13-11-19)24-7-9-26(34)32(24)20-5-8-25(37-3)21(29)15-20/h4-6,8,14-15,19,24H,7,9-13H2,1-3H3/t24-/m0/s1. The van der Waals surface area contributed by atoms with Crippen LogP contribution in [0.1, 0.15) is 55.0 Å². The molecule has 0 saturated carbocycles. The van der Waals surface area contributed by atoms with Crippen LogP contribution < -0.4 is 9.64 Å². The summed E-state index contributed by atoms with van der Waals surface area (Å²) in [5, 5.41) is 4.52. The second-order valence-electron chi connectivity index (χ2n) is 10.3. The Morgan fingerprint density at radius 3 is 2.51 bits per heavy atom. The van der Waals surface area contributed by atoms with Gasteiger partial charge in [0.25, 0.3) is 0 Å². The van der Waals surface area contributed by atoms with Gasteiger partial charge in [-0.25, -0.2) is 13.4 Å². The summed E-state index contributed by atoms with van der Waals surface area (Å²) in [7, 11) is -1.50. The minimum atomic E-state index is -3.05. The molecule has 2 aliphatic heterocycles. The summed E-state index contributed by atoms with van der Waals surface area (Å²) in [6.45, 7) is 3.79. The monoisotopic (exact) mass is 568 g/mol. The van der Waals surface area contributed by atoms with E-state index in [4.69, 9.17) is 25.8 Å². The lowest BCUT2D eigenvalue weighted by Crippen LogP contribution is -2.31. The largest absolute Gasteiger partial charge is 0.495 e. The average molecular weight is 569 g/mol. The Kier molecular flexibility index (Phi) is 6.42. The molecule has 0 radical (unpaired) electrons. The number of amides is 1. The molecule has 6 rings (SSSR count). The number of fused-ring (bicyclic) bond motifs is 1. The highest BCUT2D eigenvalue weighted by atomic mass is 35.5. The van der Waals surface area contributed by atoms with Gasteiger partial charge in [0.15, 0.2) is 0 Å². The Morgan fingerprint density at radius 1 is 1.08 bits per heavy atom. The molecule has 0 N–H and O–H groups in total. The lowest BCUT2D eigenvalue weighted by Gasteiger charge is -2.30. The first-order chi connectivity index (χ1) is 18.7. The van der Waals surface area contributed by atoms with Gasteiger partial charge in [-0.2, -0.15) is 0 Å². The molecule has 0 aliphatic carbocycles. The van der Waals surface area contributed by atoms with E-state index < -0.39 is 9.84 Å². The van der Waals surface area contributed by atoms with Crippen molar-refractivity contribution in [3.05, 3.63) is 58.7 Å². The fourth-order valence-electron chi connectivity index (χ4n) is 5.98. The van der Waals surface area contributed by atoms with Crippen molar-refractivity contribution in [1.82, 2.24) is 14.7 Å². The van der Waals surface area contributed by atoms with Crippen LogP contribution in [-0.4, -0.2) is 47.6 Å². The Hall–Kier alpha value is -3.37. The molecular formula is C28H29ClN4O5S. The maximum Gasteiger partial charge on any atom is 0.227 e. The number of anilines is 1. The second-order valence-corrected chi connectivity index (χ2v) is 13.0. The normalized spacial score (nSPS) is 19.7. The summed E-state index contributed by atoms with van der Waals surface area (Å²) >= 11 is 6.43. The van der Waals surface area contributed by atoms with E-state index in [2.05, 4.69) is 9.72 Å². The van der Waals surface area contributed by atoms with Gasteiger partial charge in [-0.15, -0.1) is 0 Å². The molecular weight excluding hydrogens is 540 g/mol. The van der Waals surface area contributed by atoms with Gasteiger partial charge >= 0.3 is 0 Å². The fraction of sp³-hybridized carbons (Fsp3) is 0.393. The van der Waals surface area contributed by atoms with E-state index in [1.807, 2.05) is 38.1 Å². The number of nitrogens with zero attached hydrogens (tertiary/aromatic N) is 4. The van der Waals surface area contributed by atoms with Gasteiger partial charge in [0, 0.05) is 23.7 Å². The van der Waals surface area contributed by atoms with E-state index in [-0.39, 0.29) is 29.5 Å². The van der Waals surface area contributed by atoms with Crippen molar-refractivity contribution in [3.8, 4) is 16.9 Å². The molecule has 1 amide bonds. The summed E-state index contributed by atoms with van der Waals surface area (Å²) in [4.78, 5) is 20.1. The highest BCUT2D eigenvalue weighted by molar-refractivity contribution is 7.91. The first-order valence-electron chi connectivity index (χ1n) is 13.0. The third kappa shape index (κ3) is 4.49. The predicted molar refractivity (Wildman–Crippen MR) is 149 cm³/mol. The lowest BCUT2D eigenvalue weighted by molar-refractivity contribution is -0.117. The number of hydrogen-bond donors (Lipinski definition) is 0. The number of sulfone groups is 1. The quantitative estimate of drug-likeness (QED) is 0.309. The molecule has 2 aliphatic rings. The molecule has 204 valence electrons. The molecule has 4 heterocycles. The number of aromatic nitrogens is 3. The minimum absolute atomic E-state index is 0.0116. The number of benzene rings is 2. The number of hydrogen-bond acceptors (Lipinski definition) is 7. The van der Waals surface area contributed by atoms with Crippen LogP contribution in [0.25, 0.3) is 22.2 Å². The third-order valence-electron chi connectivity index (χ3n) is 7.85. The van der Waals surface area contributed by atoms with E-state index in [9.17, 15) is 13.2 Å². The van der Waals surface area contributed by atoms with Gasteiger partial charge in [0.1, 0.15) is 27.2 Å². The number of ether oxygens (including phenoxy) is 1. The summed E-state index contributed by atoms with van der Waals surface area (Å²) in [5.41, 5.74) is 5.05. The summed E-state index contributed by atoms with van der Waals surface area (Å²) in [5.74, 6) is 2.27. The van der Waals surface area contributed by atoms with Crippen molar-refractivity contribution in [2.24, 2.45) is 0 Å². The molecule has 4 aromatic rings. The first kappa shape index (κ1) is 25.9. The van der Waals surface area contributed by atoms with E-state index >= 15 is 0 Å². The molecule has 0 bridgehead atoms. The van der Waals surface area contributed by atoms with E-state index in [0.29, 0.717) is 42.1 Å². The van der Waals surface area contributed by atoms with Crippen LogP contribution in [0, 0.1) is 13.8 Å². The van der Waals surface area contributed by atoms with Gasteiger partial charge in [-0.1, -0.05) is 22.8 Å². The molecule has 39 heavy (non-hydrogen) atoms. The Morgan fingerprint density at radius 2 is 1.85 bits per heavy atom. The molecule has 2 fully saturated rings. The van der Waals surface area contributed by atoms with Crippen LogP contribution in [-0.2, 0) is 14.6 Å². The molecule has 11 heteroatoms. The minimum Gasteiger partial charge on any atom is -0.495 e. The highest BCUT2D eigenvalue weighted by Gasteiger charge is 2.39. The van der Waals surface area contributed by atoms with Gasteiger partial charge in [-0.05, 0) is 69.0 Å². The van der Waals surface area contributed by atoms with Crippen LogP contribution in [0.5, 0.6) is 5.75 Å². The van der Waals surface area contributed by atoms with Gasteiger partial charge in [0.2, 0.25) is 5.91 Å². The maximum atomic E-state index is 13.2. The number of halogens is 1. The first-order valence-corrected chi connectivity index (χ1v) is 15.2. The molecule has 2 aromatic carbocycles. The van der Waals surface area contributed by atoms with Crippen molar-refractivity contribution < 1.29 is 22.5 Å². The maximum absolute atomic E-state index is 13.2. The second kappa shape index (κ2) is 9.67. The van der Waals surface area contributed by atoms with Crippen molar-refractivity contribution in [2.45, 2.75) is 51.6 Å². The van der Waals surface area contributed by atoms with Gasteiger partial charge in [0.05, 0.1) is 46.4 Å². The molecule has 0 unspecified atom stereocenters.